The van der Waals surface area contributed by atoms with E-state index in [0.717, 1.165) is 6.42 Å². The second-order valence-electron chi connectivity index (χ2n) is 4.45. The number of aliphatic carboxylic acids is 1. The Morgan fingerprint density at radius 1 is 1.62 bits per heavy atom. The minimum atomic E-state index is -0.830. The molecule has 1 N–H and O–H groups in total. The molecule has 1 fully saturated rings. The van der Waals surface area contributed by atoms with Crippen LogP contribution in [0.1, 0.15) is 33.1 Å². The fraction of sp³-hybridized carbons (Fsp3) is 0.818. The van der Waals surface area contributed by atoms with Crippen LogP contribution in [-0.2, 0) is 14.3 Å². The van der Waals surface area contributed by atoms with E-state index in [1.165, 1.54) is 0 Å². The molecule has 1 amide bonds. The van der Waals surface area contributed by atoms with Crippen LogP contribution in [0.4, 0.5) is 0 Å². The number of rotatable bonds is 5. The van der Waals surface area contributed by atoms with Crippen molar-refractivity contribution in [1.29, 1.82) is 0 Å². The summed E-state index contributed by atoms with van der Waals surface area (Å²) in [4.78, 5) is 23.8. The Bertz CT molecular complexity index is 279. The highest BCUT2D eigenvalue weighted by Crippen LogP contribution is 2.23. The molecule has 0 aromatic heterocycles. The average Bonchev–Trinajstić information content (AvgIpc) is 2.22. The molecule has 0 bridgehead atoms. The number of morpholine rings is 1. The third-order valence-electron chi connectivity index (χ3n) is 2.78. The molecule has 1 saturated heterocycles. The summed E-state index contributed by atoms with van der Waals surface area (Å²) in [6, 6.07) is 0. The van der Waals surface area contributed by atoms with Crippen molar-refractivity contribution in [3.05, 3.63) is 0 Å². The standard InChI is InChI=1S/C11H19NO4/c1-3-6-12-8-11(2,5-4-10(14)15)16-7-9(12)13/h3-8H2,1-2H3,(H,14,15). The normalized spacial score (nSPS) is 25.9. The summed E-state index contributed by atoms with van der Waals surface area (Å²) >= 11 is 0. The summed E-state index contributed by atoms with van der Waals surface area (Å²) in [5, 5.41) is 8.64. The van der Waals surface area contributed by atoms with Gasteiger partial charge in [-0.3, -0.25) is 9.59 Å². The van der Waals surface area contributed by atoms with Crippen LogP contribution in [0.3, 0.4) is 0 Å². The molecule has 92 valence electrons. The van der Waals surface area contributed by atoms with Crippen LogP contribution in [0, 0.1) is 0 Å². The van der Waals surface area contributed by atoms with E-state index in [1.54, 1.807) is 4.90 Å². The van der Waals surface area contributed by atoms with Crippen molar-refractivity contribution in [2.45, 2.75) is 38.7 Å². The van der Waals surface area contributed by atoms with Gasteiger partial charge in [0.2, 0.25) is 5.91 Å². The van der Waals surface area contributed by atoms with Crippen molar-refractivity contribution < 1.29 is 19.4 Å². The Balaban J connectivity index is 2.54. The second-order valence-corrected chi connectivity index (χ2v) is 4.45. The van der Waals surface area contributed by atoms with Gasteiger partial charge in [-0.15, -0.1) is 0 Å². The zero-order valence-electron chi connectivity index (χ0n) is 9.86. The lowest BCUT2D eigenvalue weighted by atomic mass is 9.97. The fourth-order valence-corrected chi connectivity index (χ4v) is 1.86. The highest BCUT2D eigenvalue weighted by molar-refractivity contribution is 5.78. The van der Waals surface area contributed by atoms with Crippen LogP contribution >= 0.6 is 0 Å². The lowest BCUT2D eigenvalue weighted by Gasteiger charge is -2.40. The number of carboxylic acids is 1. The maximum Gasteiger partial charge on any atom is 0.303 e. The largest absolute Gasteiger partial charge is 0.481 e. The van der Waals surface area contributed by atoms with Crippen LogP contribution in [0.2, 0.25) is 0 Å². The molecule has 0 radical (unpaired) electrons. The summed E-state index contributed by atoms with van der Waals surface area (Å²) < 4.78 is 5.45. The quantitative estimate of drug-likeness (QED) is 0.760. The average molecular weight is 229 g/mol. The highest BCUT2D eigenvalue weighted by Gasteiger charge is 2.35. The van der Waals surface area contributed by atoms with E-state index < -0.39 is 11.6 Å². The number of hydrogen-bond donors (Lipinski definition) is 1. The summed E-state index contributed by atoms with van der Waals surface area (Å²) in [7, 11) is 0. The molecule has 1 aliphatic heterocycles. The Morgan fingerprint density at radius 2 is 2.31 bits per heavy atom. The van der Waals surface area contributed by atoms with E-state index in [-0.39, 0.29) is 18.9 Å². The van der Waals surface area contributed by atoms with Crippen molar-refractivity contribution in [1.82, 2.24) is 4.90 Å². The molecule has 1 unspecified atom stereocenters. The van der Waals surface area contributed by atoms with Gasteiger partial charge in [-0.1, -0.05) is 6.92 Å². The maximum absolute atomic E-state index is 11.5. The van der Waals surface area contributed by atoms with Gasteiger partial charge < -0.3 is 14.7 Å². The number of hydrogen-bond acceptors (Lipinski definition) is 3. The fourth-order valence-electron chi connectivity index (χ4n) is 1.86. The molecule has 1 aliphatic rings. The van der Waals surface area contributed by atoms with Gasteiger partial charge in [-0.05, 0) is 19.8 Å². The summed E-state index contributed by atoms with van der Waals surface area (Å²) in [5.74, 6) is -0.835. The van der Waals surface area contributed by atoms with E-state index in [9.17, 15) is 9.59 Å². The summed E-state index contributed by atoms with van der Waals surface area (Å²) in [6.07, 6.45) is 1.42. The number of carboxylic acid groups (broad SMARTS) is 1. The monoisotopic (exact) mass is 229 g/mol. The van der Waals surface area contributed by atoms with E-state index >= 15 is 0 Å². The van der Waals surface area contributed by atoms with Gasteiger partial charge in [0.25, 0.3) is 0 Å². The molecule has 0 aromatic carbocycles. The maximum atomic E-state index is 11.5. The van der Waals surface area contributed by atoms with Gasteiger partial charge in [0.15, 0.2) is 0 Å². The molecule has 1 rings (SSSR count). The minimum absolute atomic E-state index is 0.00495. The Hall–Kier alpha value is -1.10. The number of ether oxygens (including phenoxy) is 1. The van der Waals surface area contributed by atoms with Gasteiger partial charge in [-0.25, -0.2) is 0 Å². The van der Waals surface area contributed by atoms with Crippen molar-refractivity contribution >= 4 is 11.9 Å². The number of nitrogens with zero attached hydrogens (tertiary/aromatic N) is 1. The predicted molar refractivity (Wildman–Crippen MR) is 58.1 cm³/mol. The third kappa shape index (κ3) is 3.48. The molecular formula is C11H19NO4. The predicted octanol–water partition coefficient (Wildman–Crippen LogP) is 0.879. The van der Waals surface area contributed by atoms with Crippen LogP contribution in [0.15, 0.2) is 0 Å². The number of carbonyl (C=O) groups is 2. The number of carbonyl (C=O) groups excluding carboxylic acids is 1. The van der Waals surface area contributed by atoms with Gasteiger partial charge in [0, 0.05) is 19.5 Å². The zero-order valence-corrected chi connectivity index (χ0v) is 9.86. The van der Waals surface area contributed by atoms with Gasteiger partial charge in [0.1, 0.15) is 6.61 Å². The molecule has 16 heavy (non-hydrogen) atoms. The van der Waals surface area contributed by atoms with E-state index in [4.69, 9.17) is 9.84 Å². The topological polar surface area (TPSA) is 66.8 Å². The third-order valence-corrected chi connectivity index (χ3v) is 2.78. The van der Waals surface area contributed by atoms with Crippen molar-refractivity contribution in [3.8, 4) is 0 Å². The van der Waals surface area contributed by atoms with E-state index in [0.29, 0.717) is 19.5 Å². The van der Waals surface area contributed by atoms with Crippen molar-refractivity contribution in [3.63, 3.8) is 0 Å². The van der Waals surface area contributed by atoms with Crippen LogP contribution in [-0.4, -0.2) is 47.2 Å². The molecule has 5 heteroatoms. The summed E-state index contributed by atoms with van der Waals surface area (Å²) in [5.41, 5.74) is -0.512. The Kier molecular flexibility index (Phi) is 4.29. The second kappa shape index (κ2) is 5.30. The summed E-state index contributed by atoms with van der Waals surface area (Å²) in [6.45, 7) is 5.15. The molecule has 0 saturated carbocycles. The van der Waals surface area contributed by atoms with E-state index in [2.05, 4.69) is 0 Å². The smallest absolute Gasteiger partial charge is 0.303 e. The number of amides is 1. The lowest BCUT2D eigenvalue weighted by molar-refractivity contribution is -0.163. The first-order valence-electron chi connectivity index (χ1n) is 5.60. The van der Waals surface area contributed by atoms with Crippen LogP contribution in [0.5, 0.6) is 0 Å². The van der Waals surface area contributed by atoms with Gasteiger partial charge >= 0.3 is 5.97 Å². The first-order chi connectivity index (χ1) is 7.47. The molecule has 1 heterocycles. The van der Waals surface area contributed by atoms with Crippen LogP contribution in [0.25, 0.3) is 0 Å². The van der Waals surface area contributed by atoms with Crippen molar-refractivity contribution in [2.75, 3.05) is 19.7 Å². The Morgan fingerprint density at radius 3 is 2.88 bits per heavy atom. The molecule has 0 spiro atoms. The zero-order chi connectivity index (χ0) is 12.2. The molecule has 1 atom stereocenters. The minimum Gasteiger partial charge on any atom is -0.481 e. The molecule has 0 aliphatic carbocycles. The molecule has 0 aromatic rings. The Labute approximate surface area is 95.4 Å². The highest BCUT2D eigenvalue weighted by atomic mass is 16.5. The van der Waals surface area contributed by atoms with Gasteiger partial charge in [-0.2, -0.15) is 0 Å². The lowest BCUT2D eigenvalue weighted by Crippen LogP contribution is -2.53. The van der Waals surface area contributed by atoms with Crippen LogP contribution < -0.4 is 0 Å². The van der Waals surface area contributed by atoms with Gasteiger partial charge in [0.05, 0.1) is 5.60 Å². The van der Waals surface area contributed by atoms with E-state index in [1.807, 2.05) is 13.8 Å². The first kappa shape index (κ1) is 13.0. The molecular weight excluding hydrogens is 210 g/mol. The SMILES string of the molecule is CCCN1CC(C)(CCC(=O)O)OCC1=O. The van der Waals surface area contributed by atoms with Crippen molar-refractivity contribution in [2.24, 2.45) is 0 Å². The molecule has 5 nitrogen and oxygen atoms in total. The first-order valence-corrected chi connectivity index (χ1v) is 5.60.